The van der Waals surface area contributed by atoms with E-state index in [0.29, 0.717) is 19.5 Å². The molecule has 1 amide bonds. The molecule has 0 aliphatic carbocycles. The molecule has 0 saturated carbocycles. The van der Waals surface area contributed by atoms with Crippen molar-refractivity contribution in [1.82, 2.24) is 10.6 Å². The van der Waals surface area contributed by atoms with Crippen LogP contribution in [0.5, 0.6) is 5.75 Å². The van der Waals surface area contributed by atoms with E-state index in [1.807, 2.05) is 37.3 Å². The molecule has 1 aliphatic heterocycles. The van der Waals surface area contributed by atoms with Crippen molar-refractivity contribution in [2.24, 2.45) is 4.99 Å². The van der Waals surface area contributed by atoms with Gasteiger partial charge in [-0.2, -0.15) is 0 Å². The van der Waals surface area contributed by atoms with Crippen LogP contribution in [0.2, 0.25) is 0 Å². The number of amides is 1. The van der Waals surface area contributed by atoms with Gasteiger partial charge in [0.25, 0.3) is 0 Å². The van der Waals surface area contributed by atoms with Gasteiger partial charge in [0.15, 0.2) is 5.96 Å². The van der Waals surface area contributed by atoms with Crippen LogP contribution in [0.3, 0.4) is 0 Å². The van der Waals surface area contributed by atoms with Gasteiger partial charge >= 0.3 is 0 Å². The second-order valence-electron chi connectivity index (χ2n) is 8.23. The van der Waals surface area contributed by atoms with Crippen LogP contribution < -0.4 is 20.7 Å². The number of aliphatic imine (C=N–C) groups is 1. The fraction of sp³-hybridized carbons (Fsp3) is 0.417. The molecular weight excluding hydrogens is 376 g/mol. The summed E-state index contributed by atoms with van der Waals surface area (Å²) in [6.07, 6.45) is 0.471. The zero-order chi connectivity index (χ0) is 21.6. The summed E-state index contributed by atoms with van der Waals surface area (Å²) in [7, 11) is 1.68. The summed E-state index contributed by atoms with van der Waals surface area (Å²) < 4.78 is 5.36. The molecule has 0 aromatic heterocycles. The molecule has 160 valence electrons. The maximum absolute atomic E-state index is 12.1. The van der Waals surface area contributed by atoms with Gasteiger partial charge in [-0.3, -0.25) is 9.79 Å². The van der Waals surface area contributed by atoms with Crippen LogP contribution in [-0.4, -0.2) is 38.6 Å². The third-order valence-electron chi connectivity index (χ3n) is 5.45. The molecule has 2 aromatic carbocycles. The fourth-order valence-electron chi connectivity index (χ4n) is 3.66. The zero-order valence-electron chi connectivity index (χ0n) is 18.3. The number of benzene rings is 2. The number of ether oxygens (including phenoxy) is 1. The van der Waals surface area contributed by atoms with Gasteiger partial charge in [0.1, 0.15) is 5.75 Å². The van der Waals surface area contributed by atoms with Gasteiger partial charge in [-0.15, -0.1) is 0 Å². The molecule has 1 atom stereocenters. The first-order chi connectivity index (χ1) is 14.4. The zero-order valence-corrected chi connectivity index (χ0v) is 18.3. The van der Waals surface area contributed by atoms with Crippen molar-refractivity contribution in [3.8, 4) is 5.75 Å². The minimum atomic E-state index is -0.145. The number of nitrogens with one attached hydrogen (secondary N) is 3. The molecule has 0 saturated heterocycles. The van der Waals surface area contributed by atoms with E-state index >= 15 is 0 Å². The Balaban J connectivity index is 1.70. The van der Waals surface area contributed by atoms with Gasteiger partial charge < -0.3 is 20.7 Å². The van der Waals surface area contributed by atoms with E-state index in [4.69, 9.17) is 9.73 Å². The third-order valence-corrected chi connectivity index (χ3v) is 5.45. The SMILES string of the molecule is CCNC(=NCC(C)(C)c1cccc(OC)c1)NCC1CC(=O)Nc2ccccc21. The van der Waals surface area contributed by atoms with E-state index < -0.39 is 0 Å². The van der Waals surface area contributed by atoms with E-state index in [0.717, 1.165) is 29.5 Å². The number of guanidine groups is 1. The molecule has 1 aliphatic rings. The van der Waals surface area contributed by atoms with Crippen LogP contribution in [0.25, 0.3) is 0 Å². The predicted octanol–water partition coefficient (Wildman–Crippen LogP) is 3.65. The van der Waals surface area contributed by atoms with Gasteiger partial charge in [0.05, 0.1) is 13.7 Å². The Kier molecular flexibility index (Phi) is 6.98. The predicted molar refractivity (Wildman–Crippen MR) is 122 cm³/mol. The first-order valence-electron chi connectivity index (χ1n) is 10.5. The lowest BCUT2D eigenvalue weighted by Gasteiger charge is -2.27. The van der Waals surface area contributed by atoms with Crippen molar-refractivity contribution in [3.63, 3.8) is 0 Å². The molecule has 0 fully saturated rings. The van der Waals surface area contributed by atoms with Crippen molar-refractivity contribution in [2.75, 3.05) is 32.1 Å². The Hall–Kier alpha value is -3.02. The number of hydrogen-bond acceptors (Lipinski definition) is 3. The average molecular weight is 409 g/mol. The van der Waals surface area contributed by atoms with Crippen molar-refractivity contribution in [3.05, 3.63) is 59.7 Å². The molecule has 6 nitrogen and oxygen atoms in total. The van der Waals surface area contributed by atoms with Gasteiger partial charge in [-0.1, -0.05) is 44.2 Å². The number of fused-ring (bicyclic) bond motifs is 1. The van der Waals surface area contributed by atoms with E-state index in [9.17, 15) is 4.79 Å². The van der Waals surface area contributed by atoms with Gasteiger partial charge in [-0.25, -0.2) is 0 Å². The molecule has 0 radical (unpaired) electrons. The molecule has 6 heteroatoms. The Morgan fingerprint density at radius 1 is 1.20 bits per heavy atom. The number of methoxy groups -OCH3 is 1. The standard InChI is InChI=1S/C24H32N4O2/c1-5-25-23(27-16-24(2,3)18-9-8-10-19(14-18)30-4)26-15-17-13-22(29)28-21-12-7-6-11-20(17)21/h6-12,14,17H,5,13,15-16H2,1-4H3,(H,28,29)(H2,25,26,27). The van der Waals surface area contributed by atoms with E-state index in [-0.39, 0.29) is 17.2 Å². The summed E-state index contributed by atoms with van der Waals surface area (Å²) in [5.74, 6) is 1.78. The Labute approximate surface area is 179 Å². The highest BCUT2D eigenvalue weighted by atomic mass is 16.5. The van der Waals surface area contributed by atoms with Gasteiger partial charge in [0.2, 0.25) is 5.91 Å². The van der Waals surface area contributed by atoms with Crippen LogP contribution >= 0.6 is 0 Å². The number of carbonyl (C=O) groups is 1. The third kappa shape index (κ3) is 5.32. The minimum Gasteiger partial charge on any atom is -0.497 e. The van der Waals surface area contributed by atoms with E-state index in [1.165, 1.54) is 5.56 Å². The normalized spacial score (nSPS) is 16.5. The fourth-order valence-corrected chi connectivity index (χ4v) is 3.66. The average Bonchev–Trinajstić information content (AvgIpc) is 2.75. The number of carbonyl (C=O) groups excluding carboxylic acids is 1. The van der Waals surface area contributed by atoms with Crippen molar-refractivity contribution < 1.29 is 9.53 Å². The molecule has 2 aromatic rings. The molecule has 0 spiro atoms. The van der Waals surface area contributed by atoms with Crippen molar-refractivity contribution in [1.29, 1.82) is 0 Å². The first kappa shape index (κ1) is 21.7. The number of anilines is 1. The maximum atomic E-state index is 12.1. The largest absolute Gasteiger partial charge is 0.497 e. The summed E-state index contributed by atoms with van der Waals surface area (Å²) in [6, 6.07) is 16.1. The highest BCUT2D eigenvalue weighted by Gasteiger charge is 2.25. The van der Waals surface area contributed by atoms with Crippen molar-refractivity contribution >= 4 is 17.6 Å². The lowest BCUT2D eigenvalue weighted by atomic mass is 9.84. The number of nitrogens with zero attached hydrogens (tertiary/aromatic N) is 1. The van der Waals surface area contributed by atoms with Crippen LogP contribution in [-0.2, 0) is 10.2 Å². The summed E-state index contributed by atoms with van der Waals surface area (Å²) in [5.41, 5.74) is 3.10. The number of hydrogen-bond donors (Lipinski definition) is 3. The van der Waals surface area contributed by atoms with Crippen molar-refractivity contribution in [2.45, 2.75) is 38.5 Å². The Morgan fingerprint density at radius 2 is 2.00 bits per heavy atom. The molecule has 1 unspecified atom stereocenters. The molecule has 0 bridgehead atoms. The smallest absolute Gasteiger partial charge is 0.225 e. The van der Waals surface area contributed by atoms with Gasteiger partial charge in [0, 0.05) is 36.5 Å². The Bertz CT molecular complexity index is 908. The van der Waals surface area contributed by atoms with E-state index in [1.54, 1.807) is 7.11 Å². The quantitative estimate of drug-likeness (QED) is 0.483. The van der Waals surface area contributed by atoms with Gasteiger partial charge in [-0.05, 0) is 36.2 Å². The van der Waals surface area contributed by atoms with Crippen LogP contribution in [0.1, 0.15) is 44.2 Å². The minimum absolute atomic E-state index is 0.0570. The summed E-state index contributed by atoms with van der Waals surface area (Å²) in [5, 5.41) is 9.70. The first-order valence-corrected chi connectivity index (χ1v) is 10.5. The molecule has 3 N–H and O–H groups in total. The molecule has 3 rings (SSSR count). The second kappa shape index (κ2) is 9.65. The monoisotopic (exact) mass is 408 g/mol. The summed E-state index contributed by atoms with van der Waals surface area (Å²) in [4.78, 5) is 16.9. The highest BCUT2D eigenvalue weighted by Crippen LogP contribution is 2.31. The molecule has 1 heterocycles. The number of rotatable bonds is 7. The molecule has 30 heavy (non-hydrogen) atoms. The number of para-hydroxylation sites is 1. The molecular formula is C24H32N4O2. The van der Waals surface area contributed by atoms with E-state index in [2.05, 4.69) is 48.0 Å². The second-order valence-corrected chi connectivity index (χ2v) is 8.23. The summed E-state index contributed by atoms with van der Waals surface area (Å²) >= 11 is 0. The lowest BCUT2D eigenvalue weighted by molar-refractivity contribution is -0.116. The van der Waals surface area contributed by atoms with Crippen LogP contribution in [0.15, 0.2) is 53.5 Å². The van der Waals surface area contributed by atoms with Crippen LogP contribution in [0, 0.1) is 0 Å². The summed E-state index contributed by atoms with van der Waals surface area (Å²) in [6.45, 7) is 8.45. The lowest BCUT2D eigenvalue weighted by Crippen LogP contribution is -2.41. The Morgan fingerprint density at radius 3 is 2.77 bits per heavy atom. The highest BCUT2D eigenvalue weighted by molar-refractivity contribution is 5.94. The topological polar surface area (TPSA) is 74.8 Å². The maximum Gasteiger partial charge on any atom is 0.225 e. The van der Waals surface area contributed by atoms with Crippen LogP contribution in [0.4, 0.5) is 5.69 Å².